The lowest BCUT2D eigenvalue weighted by molar-refractivity contribution is 0.112. The molecule has 0 radical (unpaired) electrons. The van der Waals surface area contributed by atoms with Crippen LogP contribution in [0.3, 0.4) is 0 Å². The minimum atomic E-state index is -0.226. The number of methoxy groups -OCH3 is 1. The molecule has 5 aromatic rings. The molecule has 1 aliphatic heterocycles. The first kappa shape index (κ1) is 29.4. The van der Waals surface area contributed by atoms with Gasteiger partial charge in [0.2, 0.25) is 0 Å². The van der Waals surface area contributed by atoms with Crippen molar-refractivity contribution in [3.05, 3.63) is 106 Å². The smallest absolute Gasteiger partial charge is 0.160 e. The van der Waals surface area contributed by atoms with Crippen LogP contribution in [0.1, 0.15) is 50.2 Å². The maximum atomic E-state index is 11.4. The van der Waals surface area contributed by atoms with Crippen molar-refractivity contribution >= 4 is 40.8 Å². The van der Waals surface area contributed by atoms with Crippen molar-refractivity contribution in [2.24, 2.45) is 0 Å². The van der Waals surface area contributed by atoms with E-state index < -0.39 is 0 Å². The molecule has 6 rings (SSSR count). The number of rotatable bonds is 9. The van der Waals surface area contributed by atoms with Crippen molar-refractivity contribution < 1.29 is 14.6 Å². The largest absolute Gasteiger partial charge is 0.496 e. The normalized spacial score (nSPS) is 15.3. The van der Waals surface area contributed by atoms with Gasteiger partial charge >= 0.3 is 0 Å². The molecule has 1 saturated heterocycles. The Bertz CT molecular complexity index is 1870. The highest BCUT2D eigenvalue weighted by molar-refractivity contribution is 5.93. The van der Waals surface area contributed by atoms with Gasteiger partial charge in [0.05, 0.1) is 24.3 Å². The topological polar surface area (TPSA) is 90.5 Å². The fraction of sp³-hybridized carbons (Fsp3) is 0.243. The van der Waals surface area contributed by atoms with Crippen molar-refractivity contribution in [1.29, 1.82) is 0 Å². The lowest BCUT2D eigenvalue weighted by Crippen LogP contribution is -2.21. The van der Waals surface area contributed by atoms with Crippen LogP contribution < -0.4 is 10.1 Å². The van der Waals surface area contributed by atoms with Crippen LogP contribution in [0.4, 0.5) is 11.5 Å². The zero-order valence-corrected chi connectivity index (χ0v) is 25.6. The number of aromatic nitrogens is 2. The number of H-pyrrole nitrogens is 1. The Labute approximate surface area is 258 Å². The molecule has 0 saturated carbocycles. The highest BCUT2D eigenvalue weighted by atomic mass is 16.5. The third kappa shape index (κ3) is 5.89. The van der Waals surface area contributed by atoms with Crippen molar-refractivity contribution in [1.82, 2.24) is 15.1 Å². The first-order chi connectivity index (χ1) is 21.3. The molecular weight excluding hydrogens is 548 g/mol. The van der Waals surface area contributed by atoms with E-state index in [0.29, 0.717) is 11.3 Å². The Morgan fingerprint density at radius 2 is 1.75 bits per heavy atom. The molecule has 0 spiro atoms. The summed E-state index contributed by atoms with van der Waals surface area (Å²) in [7, 11) is 1.58. The number of nitrogens with zero attached hydrogens (tertiary/aromatic N) is 2. The van der Waals surface area contributed by atoms with E-state index in [-0.39, 0.29) is 6.10 Å². The van der Waals surface area contributed by atoms with E-state index in [2.05, 4.69) is 101 Å². The van der Waals surface area contributed by atoms with Crippen LogP contribution in [0.15, 0.2) is 66.7 Å². The zero-order valence-electron chi connectivity index (χ0n) is 25.6. The lowest BCUT2D eigenvalue weighted by atomic mass is 9.92. The molecule has 7 nitrogen and oxygen atoms in total. The third-order valence-corrected chi connectivity index (χ3v) is 8.72. The van der Waals surface area contributed by atoms with Crippen LogP contribution in [0.25, 0.3) is 34.2 Å². The van der Waals surface area contributed by atoms with E-state index in [1.807, 2.05) is 19.1 Å². The van der Waals surface area contributed by atoms with Gasteiger partial charge in [0.25, 0.3) is 0 Å². The third-order valence-electron chi connectivity index (χ3n) is 8.72. The number of aliphatic hydroxyl groups excluding tert-OH is 1. The number of hydrogen-bond acceptors (Lipinski definition) is 6. The Balaban J connectivity index is 1.27. The summed E-state index contributed by atoms with van der Waals surface area (Å²) in [5.74, 6) is 1.37. The van der Waals surface area contributed by atoms with Crippen LogP contribution in [0.2, 0.25) is 0 Å². The number of nitrogens with one attached hydrogen (secondary N) is 2. The van der Waals surface area contributed by atoms with Crippen LogP contribution in [0.5, 0.6) is 5.75 Å². The van der Waals surface area contributed by atoms with Crippen LogP contribution in [0, 0.1) is 20.8 Å². The van der Waals surface area contributed by atoms with Gasteiger partial charge in [-0.3, -0.25) is 14.8 Å². The molecule has 2 heterocycles. The number of aliphatic hydroxyl groups is 1. The molecule has 1 aromatic heterocycles. The van der Waals surface area contributed by atoms with Crippen LogP contribution >= 0.6 is 0 Å². The van der Waals surface area contributed by atoms with Gasteiger partial charge in [-0.05, 0) is 102 Å². The molecule has 0 aliphatic carbocycles. The maximum absolute atomic E-state index is 11.4. The van der Waals surface area contributed by atoms with E-state index in [4.69, 9.17) is 4.74 Å². The van der Waals surface area contributed by atoms with E-state index in [1.54, 1.807) is 7.11 Å². The zero-order chi connectivity index (χ0) is 30.8. The van der Waals surface area contributed by atoms with Crippen LogP contribution in [-0.2, 0) is 6.54 Å². The predicted molar refractivity (Wildman–Crippen MR) is 179 cm³/mol. The first-order valence-electron chi connectivity index (χ1n) is 15.0. The second kappa shape index (κ2) is 12.5. The number of hydrogen-bond donors (Lipinski definition) is 3. The molecule has 1 fully saturated rings. The average Bonchev–Trinajstić information content (AvgIpc) is 3.63. The van der Waals surface area contributed by atoms with Crippen molar-refractivity contribution in [2.75, 3.05) is 25.5 Å². The number of aldehydes is 1. The van der Waals surface area contributed by atoms with Crippen molar-refractivity contribution in [2.45, 2.75) is 39.8 Å². The number of aromatic amines is 1. The molecule has 1 atom stereocenters. The number of carbonyl (C=O) groups excluding carboxylic acids is 1. The van der Waals surface area contributed by atoms with E-state index >= 15 is 0 Å². The van der Waals surface area contributed by atoms with Gasteiger partial charge in [-0.2, -0.15) is 5.10 Å². The molecule has 1 aliphatic rings. The van der Waals surface area contributed by atoms with Crippen molar-refractivity contribution in [3.63, 3.8) is 0 Å². The molecule has 224 valence electrons. The quantitative estimate of drug-likeness (QED) is 0.123. The average molecular weight is 587 g/mol. The molecule has 44 heavy (non-hydrogen) atoms. The molecule has 4 aromatic carbocycles. The van der Waals surface area contributed by atoms with Gasteiger partial charge in [0.15, 0.2) is 12.1 Å². The Morgan fingerprint density at radius 1 is 0.977 bits per heavy atom. The summed E-state index contributed by atoms with van der Waals surface area (Å²) >= 11 is 0. The fourth-order valence-corrected chi connectivity index (χ4v) is 6.14. The predicted octanol–water partition coefficient (Wildman–Crippen LogP) is 7.46. The SMILES string of the molecule is COc1cc(/C=C/c2cccc(-c3cccc(Nc4n[nH]c5ccc(CN6CC[C@@H](O)C6)cc45)c3C)c2C)c(C)cc1C=O. The molecule has 0 bridgehead atoms. The minimum Gasteiger partial charge on any atom is -0.496 e. The highest BCUT2D eigenvalue weighted by Gasteiger charge is 2.20. The Morgan fingerprint density at radius 3 is 2.50 bits per heavy atom. The minimum absolute atomic E-state index is 0.226. The number of β-amino-alcohol motifs (C(OH)–C–C–N with tert-alkyl or cyclic N) is 1. The monoisotopic (exact) mass is 586 g/mol. The Kier molecular flexibility index (Phi) is 8.33. The number of likely N-dealkylation sites (tertiary alicyclic amines) is 1. The number of carbonyl (C=O) groups is 1. The maximum Gasteiger partial charge on any atom is 0.160 e. The van der Waals surface area contributed by atoms with Gasteiger partial charge < -0.3 is 15.2 Å². The number of anilines is 2. The number of ether oxygens (including phenoxy) is 1. The standard InChI is InChI=1S/C37H38N4O3/c1-23-17-29(22-42)36(44-4)19-28(23)13-12-27-7-5-8-31(24(27)2)32-9-6-10-34(25(32)3)38-37-33-18-26(11-14-35(33)39-40-37)20-41-16-15-30(43)21-41/h5-14,17-19,22,30,43H,15-16,20-21H2,1-4H3,(H2,38,39,40)/b13-12+/t30-/m1/s1. The molecule has 7 heteroatoms. The molecular formula is C37H38N4O3. The van der Waals surface area contributed by atoms with Gasteiger partial charge in [-0.15, -0.1) is 0 Å². The number of fused-ring (bicyclic) bond motifs is 1. The highest BCUT2D eigenvalue weighted by Crippen LogP contribution is 2.35. The molecule has 0 unspecified atom stereocenters. The van der Waals surface area contributed by atoms with Gasteiger partial charge in [-0.25, -0.2) is 0 Å². The summed E-state index contributed by atoms with van der Waals surface area (Å²) < 4.78 is 5.42. The number of benzene rings is 4. The van der Waals surface area contributed by atoms with Gasteiger partial charge in [-0.1, -0.05) is 48.6 Å². The summed E-state index contributed by atoms with van der Waals surface area (Å²) in [5, 5.41) is 22.3. The fourth-order valence-electron chi connectivity index (χ4n) is 6.14. The summed E-state index contributed by atoms with van der Waals surface area (Å²) in [6, 6.07) is 22.9. The first-order valence-corrected chi connectivity index (χ1v) is 15.0. The summed E-state index contributed by atoms with van der Waals surface area (Å²) in [4.78, 5) is 13.7. The Hall–Kier alpha value is -4.72. The summed E-state index contributed by atoms with van der Waals surface area (Å²) in [6.45, 7) is 8.75. The summed E-state index contributed by atoms with van der Waals surface area (Å²) in [5.41, 5.74) is 11.5. The van der Waals surface area contributed by atoms with Crippen molar-refractivity contribution in [3.8, 4) is 16.9 Å². The van der Waals surface area contributed by atoms with E-state index in [0.717, 1.165) is 82.6 Å². The lowest BCUT2D eigenvalue weighted by Gasteiger charge is -2.16. The van der Waals surface area contributed by atoms with Crippen LogP contribution in [-0.4, -0.2) is 52.8 Å². The second-order valence-corrected chi connectivity index (χ2v) is 11.7. The summed E-state index contributed by atoms with van der Waals surface area (Å²) in [6.07, 6.45) is 5.63. The second-order valence-electron chi connectivity index (χ2n) is 11.7. The molecule has 3 N–H and O–H groups in total. The van der Waals surface area contributed by atoms with Gasteiger partial charge in [0.1, 0.15) is 5.75 Å². The van der Waals surface area contributed by atoms with E-state index in [1.165, 1.54) is 16.7 Å². The van der Waals surface area contributed by atoms with Gasteiger partial charge in [0, 0.05) is 30.7 Å². The molecule has 0 amide bonds. The van der Waals surface area contributed by atoms with E-state index in [9.17, 15) is 9.90 Å². The number of aryl methyl sites for hydroxylation is 1.